The van der Waals surface area contributed by atoms with Crippen molar-refractivity contribution in [1.82, 2.24) is 5.32 Å². The third-order valence-electron chi connectivity index (χ3n) is 2.86. The van der Waals surface area contributed by atoms with Gasteiger partial charge in [-0.25, -0.2) is 4.79 Å². The van der Waals surface area contributed by atoms with Gasteiger partial charge in [0.1, 0.15) is 5.60 Å². The highest BCUT2D eigenvalue weighted by Crippen LogP contribution is 2.49. The largest absolute Gasteiger partial charge is 0.444 e. The van der Waals surface area contributed by atoms with Crippen LogP contribution < -0.4 is 5.32 Å². The van der Waals surface area contributed by atoms with Crippen molar-refractivity contribution in [2.24, 2.45) is 0 Å². The molecule has 0 spiro atoms. The third-order valence-corrected chi connectivity index (χ3v) is 4.78. The molecule has 1 N–H and O–H groups in total. The Morgan fingerprint density at radius 1 is 1.18 bits per heavy atom. The van der Waals surface area contributed by atoms with Gasteiger partial charge in [-0.2, -0.15) is 0 Å². The van der Waals surface area contributed by atoms with Gasteiger partial charge in [0.15, 0.2) is 0 Å². The van der Waals surface area contributed by atoms with Gasteiger partial charge in [-0.05, 0) is 26.3 Å². The minimum absolute atomic E-state index is 0.0171. The molecule has 6 nitrogen and oxygen atoms in total. The zero-order chi connectivity index (χ0) is 16.8. The first-order valence-corrected chi connectivity index (χ1v) is 8.67. The molecular formula is C15H24NO5P. The quantitative estimate of drug-likeness (QED) is 0.805. The minimum atomic E-state index is -3.28. The van der Waals surface area contributed by atoms with Crippen LogP contribution in [0.4, 0.5) is 4.79 Å². The van der Waals surface area contributed by atoms with Crippen molar-refractivity contribution in [1.29, 1.82) is 0 Å². The number of amides is 1. The van der Waals surface area contributed by atoms with Gasteiger partial charge in [0.05, 0.1) is 12.2 Å². The number of carbonyl (C=O) groups is 1. The Hall–Kier alpha value is -1.36. The van der Waals surface area contributed by atoms with Gasteiger partial charge in [0.25, 0.3) is 0 Å². The van der Waals surface area contributed by atoms with E-state index < -0.39 is 25.3 Å². The number of rotatable bonds is 6. The van der Waals surface area contributed by atoms with Crippen LogP contribution >= 0.6 is 7.60 Å². The van der Waals surface area contributed by atoms with E-state index in [9.17, 15) is 9.36 Å². The molecule has 1 rings (SSSR count). The number of hydrogen-bond donors (Lipinski definition) is 1. The smallest absolute Gasteiger partial charge is 0.408 e. The number of ether oxygens (including phenoxy) is 1. The third kappa shape index (κ3) is 6.18. The predicted octanol–water partition coefficient (Wildman–Crippen LogP) is 3.74. The van der Waals surface area contributed by atoms with E-state index in [-0.39, 0.29) is 6.16 Å². The van der Waals surface area contributed by atoms with Crippen molar-refractivity contribution in [2.75, 3.05) is 20.4 Å². The average Bonchev–Trinajstić information content (AvgIpc) is 2.45. The van der Waals surface area contributed by atoms with Gasteiger partial charge >= 0.3 is 13.7 Å². The van der Waals surface area contributed by atoms with Crippen LogP contribution in [0.15, 0.2) is 30.3 Å². The number of hydrogen-bond acceptors (Lipinski definition) is 5. The lowest BCUT2D eigenvalue weighted by Crippen LogP contribution is -2.36. The molecule has 1 atom stereocenters. The normalized spacial score (nSPS) is 13.5. The maximum atomic E-state index is 12.4. The first kappa shape index (κ1) is 18.7. The molecule has 0 saturated heterocycles. The Balaban J connectivity index is 2.93. The second kappa shape index (κ2) is 7.77. The van der Waals surface area contributed by atoms with Crippen LogP contribution in [0.1, 0.15) is 32.4 Å². The fourth-order valence-electron chi connectivity index (χ4n) is 1.82. The highest BCUT2D eigenvalue weighted by molar-refractivity contribution is 7.53. The van der Waals surface area contributed by atoms with Gasteiger partial charge in [-0.15, -0.1) is 0 Å². The molecule has 0 bridgehead atoms. The standard InChI is InChI=1S/C15H24NO5P/c1-15(2,3)21-14(17)16-13(11-22(18,19-4)20-5)12-9-7-6-8-10-12/h6-10,13H,11H2,1-5H3,(H,16,17)/t13-/m1/s1. The molecule has 0 aliphatic heterocycles. The summed E-state index contributed by atoms with van der Waals surface area (Å²) in [5, 5.41) is 2.72. The number of carbonyl (C=O) groups excluding carboxylic acids is 1. The highest BCUT2D eigenvalue weighted by atomic mass is 31.2. The molecule has 1 amide bonds. The summed E-state index contributed by atoms with van der Waals surface area (Å²) in [5.41, 5.74) is 0.181. The summed E-state index contributed by atoms with van der Waals surface area (Å²) >= 11 is 0. The van der Waals surface area contributed by atoms with Crippen molar-refractivity contribution in [2.45, 2.75) is 32.4 Å². The SMILES string of the molecule is COP(=O)(C[C@@H](NC(=O)OC(C)(C)C)c1ccccc1)OC. The van der Waals surface area contributed by atoms with E-state index in [4.69, 9.17) is 13.8 Å². The minimum Gasteiger partial charge on any atom is -0.444 e. The monoisotopic (exact) mass is 329 g/mol. The van der Waals surface area contributed by atoms with Crippen molar-refractivity contribution in [3.8, 4) is 0 Å². The predicted molar refractivity (Wildman–Crippen MR) is 85.0 cm³/mol. The zero-order valence-corrected chi connectivity index (χ0v) is 14.6. The maximum absolute atomic E-state index is 12.4. The van der Waals surface area contributed by atoms with Gasteiger partial charge in [0.2, 0.25) is 0 Å². The summed E-state index contributed by atoms with van der Waals surface area (Å²) in [7, 11) is -0.642. The van der Waals surface area contributed by atoms with Crippen LogP contribution in [-0.4, -0.2) is 32.1 Å². The molecule has 22 heavy (non-hydrogen) atoms. The van der Waals surface area contributed by atoms with Crippen LogP contribution in [0.3, 0.4) is 0 Å². The Morgan fingerprint density at radius 3 is 2.18 bits per heavy atom. The first-order valence-electron chi connectivity index (χ1n) is 6.94. The van der Waals surface area contributed by atoms with Gasteiger partial charge < -0.3 is 19.1 Å². The zero-order valence-electron chi connectivity index (χ0n) is 13.7. The molecule has 0 saturated carbocycles. The van der Waals surface area contributed by atoms with Gasteiger partial charge in [-0.3, -0.25) is 4.57 Å². The van der Waals surface area contributed by atoms with Crippen LogP contribution in [0.5, 0.6) is 0 Å². The second-order valence-electron chi connectivity index (χ2n) is 5.77. The van der Waals surface area contributed by atoms with E-state index in [1.54, 1.807) is 20.8 Å². The highest BCUT2D eigenvalue weighted by Gasteiger charge is 2.30. The Morgan fingerprint density at radius 2 is 1.73 bits per heavy atom. The van der Waals surface area contributed by atoms with Crippen molar-refractivity contribution < 1.29 is 23.1 Å². The molecule has 7 heteroatoms. The van der Waals surface area contributed by atoms with Crippen LogP contribution in [-0.2, 0) is 18.3 Å². The Bertz CT molecular complexity index is 518. The van der Waals surface area contributed by atoms with Gasteiger partial charge in [0, 0.05) is 14.2 Å². The van der Waals surface area contributed by atoms with E-state index in [1.807, 2.05) is 30.3 Å². The lowest BCUT2D eigenvalue weighted by molar-refractivity contribution is 0.0507. The molecule has 124 valence electrons. The molecular weight excluding hydrogens is 305 g/mol. The van der Waals surface area contributed by atoms with E-state index in [0.717, 1.165) is 5.56 Å². The van der Waals surface area contributed by atoms with E-state index in [2.05, 4.69) is 5.32 Å². The summed E-state index contributed by atoms with van der Waals surface area (Å²) in [6.07, 6.45) is -0.566. The summed E-state index contributed by atoms with van der Waals surface area (Å²) < 4.78 is 27.5. The van der Waals surface area contributed by atoms with Gasteiger partial charge in [-0.1, -0.05) is 30.3 Å². The molecule has 0 unspecified atom stereocenters. The molecule has 0 aliphatic rings. The number of alkyl carbamates (subject to hydrolysis) is 1. The van der Waals surface area contributed by atoms with Crippen LogP contribution in [0.2, 0.25) is 0 Å². The van der Waals surface area contributed by atoms with Crippen molar-refractivity contribution in [3.05, 3.63) is 35.9 Å². The summed E-state index contributed by atoms with van der Waals surface area (Å²) in [4.78, 5) is 12.0. The fourth-order valence-corrected chi connectivity index (χ4v) is 3.01. The lowest BCUT2D eigenvalue weighted by Gasteiger charge is -2.25. The Kier molecular flexibility index (Phi) is 6.60. The molecule has 0 radical (unpaired) electrons. The van der Waals surface area contributed by atoms with Crippen molar-refractivity contribution in [3.63, 3.8) is 0 Å². The molecule has 1 aromatic rings. The number of benzene rings is 1. The van der Waals surface area contributed by atoms with Crippen LogP contribution in [0, 0.1) is 0 Å². The summed E-state index contributed by atoms with van der Waals surface area (Å²) in [6.45, 7) is 5.33. The van der Waals surface area contributed by atoms with E-state index in [1.165, 1.54) is 14.2 Å². The second-order valence-corrected chi connectivity index (χ2v) is 8.09. The van der Waals surface area contributed by atoms with E-state index >= 15 is 0 Å². The first-order chi connectivity index (χ1) is 10.2. The molecule has 0 aliphatic carbocycles. The summed E-state index contributed by atoms with van der Waals surface area (Å²) in [6, 6.07) is 8.66. The average molecular weight is 329 g/mol. The number of nitrogens with one attached hydrogen (secondary N) is 1. The fraction of sp³-hybridized carbons (Fsp3) is 0.533. The molecule has 0 heterocycles. The summed E-state index contributed by atoms with van der Waals surface area (Å²) in [5.74, 6) is 0. The van der Waals surface area contributed by atoms with E-state index in [0.29, 0.717) is 0 Å². The topological polar surface area (TPSA) is 73.9 Å². The van der Waals surface area contributed by atoms with Crippen LogP contribution in [0.25, 0.3) is 0 Å². The van der Waals surface area contributed by atoms with Crippen molar-refractivity contribution >= 4 is 13.7 Å². The lowest BCUT2D eigenvalue weighted by atomic mass is 10.1. The molecule has 0 aromatic heterocycles. The Labute approximate surface area is 131 Å². The molecule has 1 aromatic carbocycles. The molecule has 0 fully saturated rings. The maximum Gasteiger partial charge on any atom is 0.408 e.